The average molecular weight is 232 g/mol. The van der Waals surface area contributed by atoms with Crippen molar-refractivity contribution in [3.8, 4) is 0 Å². The van der Waals surface area contributed by atoms with Crippen LogP contribution >= 0.6 is 0 Å². The minimum absolute atomic E-state index is 0.210. The topological polar surface area (TPSA) is 34.1 Å². The molecule has 0 bridgehead atoms. The summed E-state index contributed by atoms with van der Waals surface area (Å²) in [7, 11) is 0. The number of aryl methyl sites for hydroxylation is 1. The molecule has 2 nitrogen and oxygen atoms in total. The molecule has 0 radical (unpaired) electrons. The van der Waals surface area contributed by atoms with E-state index in [1.54, 1.807) is 6.92 Å². The maximum absolute atomic E-state index is 11.6. The van der Waals surface area contributed by atoms with Gasteiger partial charge in [0, 0.05) is 19.3 Å². The lowest BCUT2D eigenvalue weighted by Gasteiger charge is -2.01. The molecule has 0 aromatic heterocycles. The minimum Gasteiger partial charge on any atom is -0.300 e. The van der Waals surface area contributed by atoms with E-state index in [4.69, 9.17) is 0 Å². The summed E-state index contributed by atoms with van der Waals surface area (Å²) in [5.41, 5.74) is 1.21. The first-order chi connectivity index (χ1) is 8.18. The van der Waals surface area contributed by atoms with Gasteiger partial charge in [0.25, 0.3) is 0 Å². The summed E-state index contributed by atoms with van der Waals surface area (Å²) in [5, 5.41) is 0. The zero-order valence-electron chi connectivity index (χ0n) is 10.4. The Balaban J connectivity index is 2.11. The highest BCUT2D eigenvalue weighted by atomic mass is 16.1. The Labute approximate surface area is 103 Å². The van der Waals surface area contributed by atoms with Gasteiger partial charge in [0.2, 0.25) is 0 Å². The number of hydrogen-bond donors (Lipinski definition) is 0. The van der Waals surface area contributed by atoms with Crippen LogP contribution in [0.3, 0.4) is 0 Å². The van der Waals surface area contributed by atoms with Gasteiger partial charge < -0.3 is 4.79 Å². The number of Topliss-reactive ketones (excluding diaryl/α,β-unsaturated/α-hetero) is 2. The van der Waals surface area contributed by atoms with Gasteiger partial charge in [-0.25, -0.2) is 0 Å². The first-order valence-corrected chi connectivity index (χ1v) is 6.23. The van der Waals surface area contributed by atoms with Gasteiger partial charge in [-0.2, -0.15) is 0 Å². The van der Waals surface area contributed by atoms with E-state index in [1.807, 2.05) is 30.3 Å². The van der Waals surface area contributed by atoms with Gasteiger partial charge in [-0.05, 0) is 31.7 Å². The van der Waals surface area contributed by atoms with Crippen LogP contribution in [0.4, 0.5) is 0 Å². The molecule has 1 aromatic rings. The van der Waals surface area contributed by atoms with Crippen LogP contribution in [0.2, 0.25) is 0 Å². The Bertz CT molecular complexity index is 354. The molecule has 0 N–H and O–H groups in total. The van der Waals surface area contributed by atoms with Crippen molar-refractivity contribution < 1.29 is 9.59 Å². The predicted octanol–water partition coefficient (Wildman–Crippen LogP) is 3.34. The molecule has 0 aliphatic carbocycles. The highest BCUT2D eigenvalue weighted by Gasteiger charge is 2.03. The molecule has 0 saturated heterocycles. The van der Waals surface area contributed by atoms with E-state index in [9.17, 15) is 9.59 Å². The summed E-state index contributed by atoms with van der Waals surface area (Å²) < 4.78 is 0. The summed E-state index contributed by atoms with van der Waals surface area (Å²) in [6.07, 6.45) is 4.34. The second-order valence-electron chi connectivity index (χ2n) is 4.43. The van der Waals surface area contributed by atoms with Gasteiger partial charge >= 0.3 is 0 Å². The van der Waals surface area contributed by atoms with Crippen LogP contribution in [0, 0.1) is 0 Å². The normalized spacial score (nSPS) is 10.2. The average Bonchev–Trinajstić information content (AvgIpc) is 2.33. The van der Waals surface area contributed by atoms with Gasteiger partial charge in [0.1, 0.15) is 11.6 Å². The number of hydrogen-bond acceptors (Lipinski definition) is 2. The van der Waals surface area contributed by atoms with Crippen LogP contribution < -0.4 is 0 Å². The van der Waals surface area contributed by atoms with E-state index in [-0.39, 0.29) is 5.78 Å². The van der Waals surface area contributed by atoms with Gasteiger partial charge in [-0.15, -0.1) is 0 Å². The molecule has 0 fully saturated rings. The van der Waals surface area contributed by atoms with Crippen LogP contribution in [0.25, 0.3) is 0 Å². The number of unbranched alkanes of at least 4 members (excludes halogenated alkanes) is 1. The van der Waals surface area contributed by atoms with Gasteiger partial charge in [0.15, 0.2) is 0 Å². The quantitative estimate of drug-likeness (QED) is 0.644. The van der Waals surface area contributed by atoms with Crippen LogP contribution in [-0.4, -0.2) is 11.6 Å². The van der Waals surface area contributed by atoms with E-state index in [0.717, 1.165) is 19.3 Å². The lowest BCUT2D eigenvalue weighted by Crippen LogP contribution is -2.00. The molecule has 0 amide bonds. The summed E-state index contributed by atoms with van der Waals surface area (Å²) in [6.45, 7) is 1.59. The molecular weight excluding hydrogens is 212 g/mol. The van der Waals surface area contributed by atoms with Crippen LogP contribution in [0.15, 0.2) is 30.3 Å². The molecule has 0 aliphatic heterocycles. The van der Waals surface area contributed by atoms with Crippen molar-refractivity contribution in [1.82, 2.24) is 0 Å². The second-order valence-corrected chi connectivity index (χ2v) is 4.43. The van der Waals surface area contributed by atoms with Crippen molar-refractivity contribution in [2.45, 2.75) is 45.4 Å². The largest absolute Gasteiger partial charge is 0.300 e. The number of benzene rings is 1. The van der Waals surface area contributed by atoms with E-state index >= 15 is 0 Å². The molecule has 0 saturated carbocycles. The maximum Gasteiger partial charge on any atom is 0.133 e. The summed E-state index contributed by atoms with van der Waals surface area (Å²) in [5.74, 6) is 0.513. The Morgan fingerprint density at radius 2 is 1.59 bits per heavy atom. The van der Waals surface area contributed by atoms with Crippen molar-refractivity contribution >= 4 is 11.6 Å². The molecule has 0 heterocycles. The third kappa shape index (κ3) is 6.67. The van der Waals surface area contributed by atoms with E-state index in [0.29, 0.717) is 25.0 Å². The minimum atomic E-state index is 0.210. The maximum atomic E-state index is 11.6. The van der Waals surface area contributed by atoms with Crippen molar-refractivity contribution in [2.75, 3.05) is 0 Å². The molecule has 0 unspecified atom stereocenters. The van der Waals surface area contributed by atoms with Crippen molar-refractivity contribution in [3.05, 3.63) is 35.9 Å². The van der Waals surface area contributed by atoms with Gasteiger partial charge in [0.05, 0.1) is 0 Å². The Kier molecular flexibility index (Phi) is 6.23. The molecule has 17 heavy (non-hydrogen) atoms. The zero-order chi connectivity index (χ0) is 12.5. The third-order valence-corrected chi connectivity index (χ3v) is 2.77. The predicted molar refractivity (Wildman–Crippen MR) is 68.9 cm³/mol. The number of rotatable bonds is 8. The lowest BCUT2D eigenvalue weighted by molar-refractivity contribution is -0.120. The summed E-state index contributed by atoms with van der Waals surface area (Å²) in [6, 6.07) is 10.1. The Morgan fingerprint density at radius 3 is 2.24 bits per heavy atom. The number of carbonyl (C=O) groups is 2. The zero-order valence-corrected chi connectivity index (χ0v) is 10.4. The van der Waals surface area contributed by atoms with E-state index in [2.05, 4.69) is 0 Å². The molecule has 0 spiro atoms. The molecule has 0 aliphatic rings. The van der Waals surface area contributed by atoms with Crippen molar-refractivity contribution in [3.63, 3.8) is 0 Å². The fourth-order valence-electron chi connectivity index (χ4n) is 1.75. The Morgan fingerprint density at radius 1 is 0.941 bits per heavy atom. The van der Waals surface area contributed by atoms with E-state index in [1.165, 1.54) is 5.56 Å². The van der Waals surface area contributed by atoms with Crippen molar-refractivity contribution in [1.29, 1.82) is 0 Å². The SMILES string of the molecule is CC(=O)CCCCC(=O)CCc1ccccc1. The summed E-state index contributed by atoms with van der Waals surface area (Å²) >= 11 is 0. The first kappa shape index (κ1) is 13.6. The number of carbonyl (C=O) groups excluding carboxylic acids is 2. The van der Waals surface area contributed by atoms with Gasteiger partial charge in [-0.1, -0.05) is 30.3 Å². The van der Waals surface area contributed by atoms with Gasteiger partial charge in [-0.3, -0.25) is 4.79 Å². The second kappa shape index (κ2) is 7.77. The third-order valence-electron chi connectivity index (χ3n) is 2.77. The standard InChI is InChI=1S/C15H20O2/c1-13(16)7-5-6-10-15(17)12-11-14-8-3-2-4-9-14/h2-4,8-9H,5-7,10-12H2,1H3. The first-order valence-electron chi connectivity index (χ1n) is 6.23. The fourth-order valence-corrected chi connectivity index (χ4v) is 1.75. The van der Waals surface area contributed by atoms with Crippen LogP contribution in [-0.2, 0) is 16.0 Å². The number of ketones is 2. The monoisotopic (exact) mass is 232 g/mol. The molecule has 1 rings (SSSR count). The smallest absolute Gasteiger partial charge is 0.133 e. The van der Waals surface area contributed by atoms with Crippen LogP contribution in [0.5, 0.6) is 0 Å². The van der Waals surface area contributed by atoms with Crippen molar-refractivity contribution in [2.24, 2.45) is 0 Å². The fraction of sp³-hybridized carbons (Fsp3) is 0.467. The molecule has 1 aromatic carbocycles. The lowest BCUT2D eigenvalue weighted by atomic mass is 10.0. The Hall–Kier alpha value is -1.44. The molecule has 2 heteroatoms. The van der Waals surface area contributed by atoms with E-state index < -0.39 is 0 Å². The molecular formula is C15H20O2. The summed E-state index contributed by atoms with van der Waals surface area (Å²) in [4.78, 5) is 22.3. The molecule has 0 atom stereocenters. The highest BCUT2D eigenvalue weighted by molar-refractivity contribution is 5.78. The highest BCUT2D eigenvalue weighted by Crippen LogP contribution is 2.07. The van der Waals surface area contributed by atoms with Crippen LogP contribution in [0.1, 0.15) is 44.6 Å². The molecule has 92 valence electrons.